The standard InChI is InChI=1S/2C10H20/c1-4-6-7-9-10(3)8-5-2;1-4-6-8-10(3)9-7-5-2/h5,8,10H,4,6-7,9H2,1-3H3;4,6,10H,5,7-9H2,1-3H3. The minimum Gasteiger partial charge on any atom is -0.0917 e. The molecule has 0 heterocycles. The minimum absolute atomic E-state index is 0.788. The Hall–Kier alpha value is -0.520. The van der Waals surface area contributed by atoms with E-state index in [9.17, 15) is 0 Å². The van der Waals surface area contributed by atoms with Crippen molar-refractivity contribution in [2.75, 3.05) is 0 Å². The third-order valence-electron chi connectivity index (χ3n) is 3.61. The Morgan fingerprint density at radius 1 is 0.800 bits per heavy atom. The monoisotopic (exact) mass is 280 g/mol. The Labute approximate surface area is 129 Å². The van der Waals surface area contributed by atoms with Crippen molar-refractivity contribution in [2.45, 2.75) is 92.9 Å². The zero-order chi connectivity index (χ0) is 15.6. The van der Waals surface area contributed by atoms with Gasteiger partial charge in [-0.3, -0.25) is 0 Å². The Morgan fingerprint density at radius 2 is 1.45 bits per heavy atom. The topological polar surface area (TPSA) is 0 Å². The number of hydrogen-bond acceptors (Lipinski definition) is 0. The van der Waals surface area contributed by atoms with Gasteiger partial charge in [-0.05, 0) is 38.5 Å². The molecule has 0 aromatic heterocycles. The smallest absolute Gasteiger partial charge is 0.0262 e. The molecule has 0 rings (SSSR count). The molecule has 0 fully saturated rings. The molecule has 20 heavy (non-hydrogen) atoms. The van der Waals surface area contributed by atoms with Crippen molar-refractivity contribution in [1.29, 1.82) is 0 Å². The quantitative estimate of drug-likeness (QED) is 0.286. The highest BCUT2D eigenvalue weighted by Gasteiger charge is 1.96. The Kier molecular flexibility index (Phi) is 20.1. The van der Waals surface area contributed by atoms with Crippen LogP contribution in [0.2, 0.25) is 0 Å². The normalized spacial score (nSPS) is 14.3. The predicted octanol–water partition coefficient (Wildman–Crippen LogP) is 7.56. The van der Waals surface area contributed by atoms with Gasteiger partial charge in [0.05, 0.1) is 0 Å². The van der Waals surface area contributed by atoms with Crippen LogP contribution in [0.5, 0.6) is 0 Å². The maximum Gasteiger partial charge on any atom is -0.0262 e. The zero-order valence-corrected chi connectivity index (χ0v) is 15.1. The van der Waals surface area contributed by atoms with Gasteiger partial charge in [0.2, 0.25) is 0 Å². The second kappa shape index (κ2) is 18.5. The first-order valence-corrected chi connectivity index (χ1v) is 8.86. The summed E-state index contributed by atoms with van der Waals surface area (Å²) in [5, 5.41) is 0. The van der Waals surface area contributed by atoms with Gasteiger partial charge in [0.15, 0.2) is 0 Å². The van der Waals surface area contributed by atoms with Crippen LogP contribution < -0.4 is 0 Å². The van der Waals surface area contributed by atoms with E-state index in [1.165, 1.54) is 51.4 Å². The average molecular weight is 281 g/mol. The van der Waals surface area contributed by atoms with Crippen LogP contribution in [-0.2, 0) is 0 Å². The molecular weight excluding hydrogens is 240 g/mol. The second-order valence-electron chi connectivity index (χ2n) is 6.05. The van der Waals surface area contributed by atoms with Crippen molar-refractivity contribution in [3.8, 4) is 0 Å². The maximum absolute atomic E-state index is 2.33. The molecule has 0 nitrogen and oxygen atoms in total. The molecule has 0 heteroatoms. The van der Waals surface area contributed by atoms with Crippen LogP contribution in [-0.4, -0.2) is 0 Å². The van der Waals surface area contributed by atoms with E-state index < -0.39 is 0 Å². The van der Waals surface area contributed by atoms with E-state index in [0.717, 1.165) is 11.8 Å². The second-order valence-corrected chi connectivity index (χ2v) is 6.05. The lowest BCUT2D eigenvalue weighted by molar-refractivity contribution is 0.512. The minimum atomic E-state index is 0.788. The highest BCUT2D eigenvalue weighted by molar-refractivity contribution is 4.82. The molecular formula is C20H40. The molecule has 0 bridgehead atoms. The van der Waals surface area contributed by atoms with E-state index in [2.05, 4.69) is 65.8 Å². The summed E-state index contributed by atoms with van der Waals surface area (Å²) in [5.74, 6) is 1.67. The summed E-state index contributed by atoms with van der Waals surface area (Å²) >= 11 is 0. The molecule has 0 saturated heterocycles. The highest BCUT2D eigenvalue weighted by atomic mass is 14.0. The molecule has 0 spiro atoms. The summed E-state index contributed by atoms with van der Waals surface area (Å²) in [7, 11) is 0. The Balaban J connectivity index is 0. The van der Waals surface area contributed by atoms with Gasteiger partial charge in [-0.15, -0.1) is 0 Å². The fourth-order valence-electron chi connectivity index (χ4n) is 2.18. The lowest BCUT2D eigenvalue weighted by Gasteiger charge is -2.05. The van der Waals surface area contributed by atoms with Crippen molar-refractivity contribution < 1.29 is 0 Å². The fraction of sp³-hybridized carbons (Fsp3) is 0.800. The van der Waals surface area contributed by atoms with E-state index in [-0.39, 0.29) is 0 Å². The van der Waals surface area contributed by atoms with Crippen LogP contribution in [0.3, 0.4) is 0 Å². The van der Waals surface area contributed by atoms with Crippen LogP contribution in [0.4, 0.5) is 0 Å². The van der Waals surface area contributed by atoms with E-state index >= 15 is 0 Å². The molecule has 0 saturated carbocycles. The van der Waals surface area contributed by atoms with E-state index in [1.807, 2.05) is 0 Å². The molecule has 0 N–H and O–H groups in total. The molecule has 0 aromatic rings. The van der Waals surface area contributed by atoms with Crippen molar-refractivity contribution in [3.05, 3.63) is 24.3 Å². The van der Waals surface area contributed by atoms with Crippen molar-refractivity contribution in [2.24, 2.45) is 11.8 Å². The predicted molar refractivity (Wildman–Crippen MR) is 96.2 cm³/mol. The number of allylic oxidation sites excluding steroid dienone is 4. The van der Waals surface area contributed by atoms with Gasteiger partial charge >= 0.3 is 0 Å². The van der Waals surface area contributed by atoms with Crippen LogP contribution >= 0.6 is 0 Å². The first-order valence-electron chi connectivity index (χ1n) is 8.86. The Morgan fingerprint density at radius 3 is 1.95 bits per heavy atom. The molecule has 2 unspecified atom stereocenters. The van der Waals surface area contributed by atoms with Gasteiger partial charge in [-0.1, -0.05) is 90.5 Å². The van der Waals surface area contributed by atoms with Gasteiger partial charge in [-0.25, -0.2) is 0 Å². The maximum atomic E-state index is 2.33. The van der Waals surface area contributed by atoms with Crippen LogP contribution in [0.25, 0.3) is 0 Å². The van der Waals surface area contributed by atoms with Gasteiger partial charge in [0.25, 0.3) is 0 Å². The summed E-state index contributed by atoms with van der Waals surface area (Å²) in [6, 6.07) is 0. The van der Waals surface area contributed by atoms with Gasteiger partial charge in [-0.2, -0.15) is 0 Å². The summed E-state index contributed by atoms with van der Waals surface area (Å²) in [5.41, 5.74) is 0. The molecule has 0 aliphatic heterocycles. The molecule has 0 aliphatic carbocycles. The van der Waals surface area contributed by atoms with Crippen LogP contribution in [0, 0.1) is 11.8 Å². The lowest BCUT2D eigenvalue weighted by atomic mass is 10.0. The third kappa shape index (κ3) is 19.8. The summed E-state index contributed by atoms with van der Waals surface area (Å²) in [6.07, 6.45) is 19.7. The molecule has 0 aliphatic rings. The van der Waals surface area contributed by atoms with E-state index in [4.69, 9.17) is 0 Å². The van der Waals surface area contributed by atoms with Crippen molar-refractivity contribution >= 4 is 0 Å². The van der Waals surface area contributed by atoms with E-state index in [0.29, 0.717) is 0 Å². The van der Waals surface area contributed by atoms with Gasteiger partial charge in [0.1, 0.15) is 0 Å². The average Bonchev–Trinajstić information content (AvgIpc) is 2.44. The van der Waals surface area contributed by atoms with Gasteiger partial charge < -0.3 is 0 Å². The molecule has 0 aromatic carbocycles. The Bertz CT molecular complexity index is 212. The number of unbranched alkanes of at least 4 members (excludes halogenated alkanes) is 3. The third-order valence-corrected chi connectivity index (χ3v) is 3.61. The summed E-state index contributed by atoms with van der Waals surface area (Å²) in [4.78, 5) is 0. The molecule has 0 amide bonds. The highest BCUT2D eigenvalue weighted by Crippen LogP contribution is 2.11. The van der Waals surface area contributed by atoms with Crippen LogP contribution in [0.15, 0.2) is 24.3 Å². The fourth-order valence-corrected chi connectivity index (χ4v) is 2.18. The zero-order valence-electron chi connectivity index (χ0n) is 15.1. The van der Waals surface area contributed by atoms with E-state index in [1.54, 1.807) is 0 Å². The van der Waals surface area contributed by atoms with Crippen LogP contribution in [0.1, 0.15) is 92.9 Å². The van der Waals surface area contributed by atoms with Gasteiger partial charge in [0, 0.05) is 0 Å². The molecule has 0 radical (unpaired) electrons. The van der Waals surface area contributed by atoms with Crippen molar-refractivity contribution in [3.63, 3.8) is 0 Å². The number of hydrogen-bond donors (Lipinski definition) is 0. The lowest BCUT2D eigenvalue weighted by Crippen LogP contribution is -1.91. The number of rotatable bonds is 10. The molecule has 2 atom stereocenters. The first-order chi connectivity index (χ1) is 9.62. The summed E-state index contributed by atoms with van der Waals surface area (Å²) < 4.78 is 0. The first kappa shape index (κ1) is 21.8. The van der Waals surface area contributed by atoms with Crippen molar-refractivity contribution in [1.82, 2.24) is 0 Å². The SMILES string of the molecule is CC=CC(C)CCCCC.CC=CCC(C)CCCC. The largest absolute Gasteiger partial charge is 0.0917 e. The summed E-state index contributed by atoms with van der Waals surface area (Å²) in [6.45, 7) is 13.3. The molecule has 120 valence electrons.